The summed E-state index contributed by atoms with van der Waals surface area (Å²) < 4.78 is 12.4. The number of hydrogen-bond acceptors (Lipinski definition) is 6. The van der Waals surface area contributed by atoms with E-state index in [1.807, 2.05) is 39.0 Å². The summed E-state index contributed by atoms with van der Waals surface area (Å²) in [7, 11) is 3.21. The number of rotatable bonds is 9. The van der Waals surface area contributed by atoms with Gasteiger partial charge in [0.15, 0.2) is 17.8 Å². The molecule has 1 aromatic heterocycles. The third-order valence-electron chi connectivity index (χ3n) is 5.74. The lowest BCUT2D eigenvalue weighted by molar-refractivity contribution is -0.125. The predicted molar refractivity (Wildman–Crippen MR) is 121 cm³/mol. The molecule has 1 aliphatic heterocycles. The van der Waals surface area contributed by atoms with Gasteiger partial charge in [0.05, 0.1) is 19.9 Å². The number of aryl methyl sites for hydroxylation is 1. The van der Waals surface area contributed by atoms with Crippen molar-refractivity contribution in [3.63, 3.8) is 0 Å². The van der Waals surface area contributed by atoms with Gasteiger partial charge in [-0.3, -0.25) is 14.9 Å². The summed E-state index contributed by atoms with van der Waals surface area (Å²) >= 11 is 0. The number of methoxy groups -OCH3 is 2. The first-order chi connectivity index (χ1) is 15.3. The van der Waals surface area contributed by atoms with Gasteiger partial charge in [-0.25, -0.2) is 4.68 Å². The second-order valence-corrected chi connectivity index (χ2v) is 8.13. The van der Waals surface area contributed by atoms with Crippen LogP contribution in [0.1, 0.15) is 48.6 Å². The van der Waals surface area contributed by atoms with Gasteiger partial charge in [-0.15, -0.1) is 0 Å². The molecule has 3 N–H and O–H groups in total. The standard InChI is InChI=1S/C23H33N5O4/c1-14-12-22(30)26-23(25-14)28-16(3)18(15(2)27-28)7-9-21(29)24-11-10-17-6-8-19(31-4)20(13-17)32-5/h6,8,13-14,23,25H,7,9-12H2,1-5H3,(H,24,29)(H,26,30). The molecule has 2 aromatic rings. The second-order valence-electron chi connectivity index (χ2n) is 8.13. The Balaban J connectivity index is 1.52. The molecule has 1 aliphatic rings. The SMILES string of the molecule is COc1ccc(CCNC(=O)CCc2c(C)nn(C3NC(=O)CC(C)N3)c2C)cc1OC. The molecule has 0 radical (unpaired) electrons. The van der Waals surface area contributed by atoms with E-state index >= 15 is 0 Å². The van der Waals surface area contributed by atoms with Gasteiger partial charge in [-0.2, -0.15) is 5.10 Å². The fourth-order valence-electron chi connectivity index (χ4n) is 4.01. The summed E-state index contributed by atoms with van der Waals surface area (Å²) in [5.74, 6) is 1.36. The van der Waals surface area contributed by atoms with Crippen LogP contribution in [0.25, 0.3) is 0 Å². The molecule has 32 heavy (non-hydrogen) atoms. The zero-order chi connectivity index (χ0) is 23.3. The molecule has 2 amide bonds. The highest BCUT2D eigenvalue weighted by molar-refractivity contribution is 5.77. The van der Waals surface area contributed by atoms with E-state index in [0.717, 1.165) is 22.5 Å². The molecule has 3 rings (SSSR count). The van der Waals surface area contributed by atoms with Crippen molar-refractivity contribution in [2.24, 2.45) is 0 Å². The maximum Gasteiger partial charge on any atom is 0.224 e. The van der Waals surface area contributed by atoms with Gasteiger partial charge >= 0.3 is 0 Å². The molecule has 9 nitrogen and oxygen atoms in total. The second kappa shape index (κ2) is 10.5. The zero-order valence-electron chi connectivity index (χ0n) is 19.4. The fourth-order valence-corrected chi connectivity index (χ4v) is 4.01. The predicted octanol–water partition coefficient (Wildman–Crippen LogP) is 1.76. The average Bonchev–Trinajstić information content (AvgIpc) is 3.04. The molecule has 174 valence electrons. The minimum absolute atomic E-state index is 0.00390. The Kier molecular flexibility index (Phi) is 7.74. The first-order valence-corrected chi connectivity index (χ1v) is 10.9. The van der Waals surface area contributed by atoms with E-state index in [9.17, 15) is 9.59 Å². The normalized spacial score (nSPS) is 18.2. The number of nitrogens with one attached hydrogen (secondary N) is 3. The molecule has 0 bridgehead atoms. The third kappa shape index (κ3) is 5.59. The molecule has 2 heterocycles. The van der Waals surface area contributed by atoms with Crippen molar-refractivity contribution in [1.29, 1.82) is 0 Å². The van der Waals surface area contributed by atoms with Crippen LogP contribution in [0.4, 0.5) is 0 Å². The minimum Gasteiger partial charge on any atom is -0.493 e. The fraction of sp³-hybridized carbons (Fsp3) is 0.522. The van der Waals surface area contributed by atoms with Crippen LogP contribution >= 0.6 is 0 Å². The maximum atomic E-state index is 12.4. The molecule has 0 spiro atoms. The van der Waals surface area contributed by atoms with Gasteiger partial charge < -0.3 is 20.1 Å². The van der Waals surface area contributed by atoms with Crippen molar-refractivity contribution >= 4 is 11.8 Å². The van der Waals surface area contributed by atoms with Crippen LogP contribution in [0.5, 0.6) is 11.5 Å². The summed E-state index contributed by atoms with van der Waals surface area (Å²) in [4.78, 5) is 24.3. The van der Waals surface area contributed by atoms with Crippen LogP contribution in [0, 0.1) is 13.8 Å². The smallest absolute Gasteiger partial charge is 0.224 e. The molecular weight excluding hydrogens is 410 g/mol. The van der Waals surface area contributed by atoms with Crippen LogP contribution < -0.4 is 25.4 Å². The zero-order valence-corrected chi connectivity index (χ0v) is 19.4. The molecule has 2 atom stereocenters. The Morgan fingerprint density at radius 2 is 1.97 bits per heavy atom. The van der Waals surface area contributed by atoms with Gasteiger partial charge in [-0.05, 0) is 56.9 Å². The Labute approximate surface area is 188 Å². The quantitative estimate of drug-likeness (QED) is 0.545. The van der Waals surface area contributed by atoms with Crippen molar-refractivity contribution in [3.8, 4) is 11.5 Å². The van der Waals surface area contributed by atoms with Crippen molar-refractivity contribution in [1.82, 2.24) is 25.7 Å². The number of amides is 2. The van der Waals surface area contributed by atoms with Gasteiger partial charge in [0.1, 0.15) is 0 Å². The topological polar surface area (TPSA) is 107 Å². The van der Waals surface area contributed by atoms with Crippen molar-refractivity contribution in [2.75, 3.05) is 20.8 Å². The Morgan fingerprint density at radius 1 is 1.22 bits per heavy atom. The lowest BCUT2D eigenvalue weighted by atomic mass is 10.1. The summed E-state index contributed by atoms with van der Waals surface area (Å²) in [6.45, 7) is 6.42. The number of nitrogens with zero attached hydrogens (tertiary/aromatic N) is 2. The number of carbonyl (C=O) groups is 2. The van der Waals surface area contributed by atoms with E-state index in [0.29, 0.717) is 43.7 Å². The summed E-state index contributed by atoms with van der Waals surface area (Å²) in [5, 5.41) is 13.8. The molecule has 1 saturated heterocycles. The highest BCUT2D eigenvalue weighted by Gasteiger charge is 2.27. The van der Waals surface area contributed by atoms with Crippen molar-refractivity contribution < 1.29 is 19.1 Å². The van der Waals surface area contributed by atoms with E-state index in [1.54, 1.807) is 18.9 Å². The molecule has 1 aromatic carbocycles. The van der Waals surface area contributed by atoms with Crippen LogP contribution in [0.3, 0.4) is 0 Å². The average molecular weight is 444 g/mol. The minimum atomic E-state index is -0.367. The van der Waals surface area contributed by atoms with Gasteiger partial charge in [-0.1, -0.05) is 6.07 Å². The van der Waals surface area contributed by atoms with Crippen LogP contribution in [0.2, 0.25) is 0 Å². The first-order valence-electron chi connectivity index (χ1n) is 10.9. The number of ether oxygens (including phenoxy) is 2. The van der Waals surface area contributed by atoms with Crippen LogP contribution in [0.15, 0.2) is 18.2 Å². The van der Waals surface area contributed by atoms with Crippen LogP contribution in [-0.2, 0) is 22.4 Å². The molecule has 2 unspecified atom stereocenters. The third-order valence-corrected chi connectivity index (χ3v) is 5.74. The number of aromatic nitrogens is 2. The van der Waals surface area contributed by atoms with E-state index in [1.165, 1.54) is 0 Å². The summed E-state index contributed by atoms with van der Waals surface area (Å²) in [6, 6.07) is 5.83. The molecule has 0 saturated carbocycles. The summed E-state index contributed by atoms with van der Waals surface area (Å²) in [6.07, 6.45) is 1.75. The first kappa shape index (κ1) is 23.6. The van der Waals surface area contributed by atoms with Crippen molar-refractivity contribution in [3.05, 3.63) is 40.7 Å². The highest BCUT2D eigenvalue weighted by Crippen LogP contribution is 2.27. The maximum absolute atomic E-state index is 12.4. The van der Waals surface area contributed by atoms with Crippen molar-refractivity contribution in [2.45, 2.75) is 58.8 Å². The van der Waals surface area contributed by atoms with E-state index < -0.39 is 0 Å². The Bertz CT molecular complexity index is 972. The lowest BCUT2D eigenvalue weighted by Gasteiger charge is -2.30. The number of hydrogen-bond donors (Lipinski definition) is 3. The molecule has 1 fully saturated rings. The monoisotopic (exact) mass is 443 g/mol. The van der Waals surface area contributed by atoms with Gasteiger partial charge in [0.2, 0.25) is 11.8 Å². The van der Waals surface area contributed by atoms with Gasteiger partial charge in [0, 0.05) is 31.1 Å². The molecular formula is C23H33N5O4. The van der Waals surface area contributed by atoms with Gasteiger partial charge in [0.25, 0.3) is 0 Å². The summed E-state index contributed by atoms with van der Waals surface area (Å²) in [5.41, 5.74) is 3.92. The number of benzene rings is 1. The van der Waals surface area contributed by atoms with E-state index in [2.05, 4.69) is 21.0 Å². The van der Waals surface area contributed by atoms with E-state index in [-0.39, 0.29) is 24.1 Å². The Morgan fingerprint density at radius 3 is 2.66 bits per heavy atom. The van der Waals surface area contributed by atoms with E-state index in [4.69, 9.17) is 9.47 Å². The van der Waals surface area contributed by atoms with Crippen LogP contribution in [-0.4, -0.2) is 48.4 Å². The number of carbonyl (C=O) groups excluding carboxylic acids is 2. The Hall–Kier alpha value is -3.07. The molecule has 9 heteroatoms. The largest absolute Gasteiger partial charge is 0.493 e. The molecule has 0 aliphatic carbocycles. The highest BCUT2D eigenvalue weighted by atomic mass is 16.5. The lowest BCUT2D eigenvalue weighted by Crippen LogP contribution is -2.52.